The lowest BCUT2D eigenvalue weighted by Gasteiger charge is -2.11. The number of hydrogen-bond donors (Lipinski definition) is 1. The van der Waals surface area contributed by atoms with Crippen molar-refractivity contribution in [2.45, 2.75) is 4.90 Å². The Kier molecular flexibility index (Phi) is 7.61. The van der Waals surface area contributed by atoms with E-state index in [2.05, 4.69) is 5.32 Å². The molecule has 33 heavy (non-hydrogen) atoms. The Morgan fingerprint density at radius 3 is 2.42 bits per heavy atom. The topological polar surface area (TPSA) is 105 Å². The summed E-state index contributed by atoms with van der Waals surface area (Å²) in [5, 5.41) is 12.6. The molecule has 0 atom stereocenters. The van der Waals surface area contributed by atoms with Crippen LogP contribution in [0.1, 0.15) is 5.56 Å². The number of hydrogen-bond acceptors (Lipinski definition) is 6. The lowest BCUT2D eigenvalue weighted by Crippen LogP contribution is -2.13. The molecular weight excluding hydrogens is 487 g/mol. The molecule has 1 amide bonds. The smallest absolute Gasteiger partial charge is 0.339 e. The van der Waals surface area contributed by atoms with Gasteiger partial charge in [-0.1, -0.05) is 47.5 Å². The van der Waals surface area contributed by atoms with Crippen molar-refractivity contribution in [3.63, 3.8) is 0 Å². The number of carbonyl (C=O) groups is 1. The van der Waals surface area contributed by atoms with Crippen LogP contribution in [0.2, 0.25) is 10.0 Å². The van der Waals surface area contributed by atoms with Crippen molar-refractivity contribution in [3.8, 4) is 17.6 Å². The zero-order chi connectivity index (χ0) is 24.0. The van der Waals surface area contributed by atoms with E-state index in [1.807, 2.05) is 6.07 Å². The Hall–Kier alpha value is -3.51. The Bertz CT molecular complexity index is 1370. The van der Waals surface area contributed by atoms with Crippen LogP contribution in [-0.4, -0.2) is 21.4 Å². The van der Waals surface area contributed by atoms with E-state index < -0.39 is 16.0 Å². The fourth-order valence-electron chi connectivity index (χ4n) is 2.69. The molecular formula is C23H16Cl2N2O5S. The summed E-state index contributed by atoms with van der Waals surface area (Å²) in [5.74, 6) is -0.654. The molecule has 0 spiro atoms. The van der Waals surface area contributed by atoms with Crippen LogP contribution >= 0.6 is 23.2 Å². The van der Waals surface area contributed by atoms with Crippen LogP contribution in [0, 0.1) is 11.3 Å². The molecule has 0 bridgehead atoms. The largest absolute Gasteiger partial charge is 0.493 e. The Balaban J connectivity index is 1.86. The molecule has 3 aromatic carbocycles. The highest BCUT2D eigenvalue weighted by molar-refractivity contribution is 7.87. The van der Waals surface area contributed by atoms with E-state index >= 15 is 0 Å². The molecule has 0 radical (unpaired) electrons. The van der Waals surface area contributed by atoms with Gasteiger partial charge in [-0.3, -0.25) is 4.79 Å². The van der Waals surface area contributed by atoms with Crippen molar-refractivity contribution in [3.05, 3.63) is 87.9 Å². The lowest BCUT2D eigenvalue weighted by molar-refractivity contribution is -0.112. The Morgan fingerprint density at radius 2 is 1.76 bits per heavy atom. The van der Waals surface area contributed by atoms with Gasteiger partial charge in [0.1, 0.15) is 16.5 Å². The molecule has 0 unspecified atom stereocenters. The number of anilines is 1. The number of halogens is 2. The van der Waals surface area contributed by atoms with Crippen LogP contribution in [0.3, 0.4) is 0 Å². The molecule has 168 valence electrons. The molecule has 0 aromatic heterocycles. The minimum absolute atomic E-state index is 0.0147. The standard InChI is InChI=1S/C23H16Cl2N2O5S/c1-31-22-12-15(7-10-21(22)32-33(29,30)18-5-3-2-4-6-18)11-16(14-26)23(28)27-20-13-17(24)8-9-19(20)25/h2-13H,1H3,(H,27,28)/b16-11+. The highest BCUT2D eigenvalue weighted by Gasteiger charge is 2.19. The number of benzene rings is 3. The van der Waals surface area contributed by atoms with Crippen LogP contribution < -0.4 is 14.2 Å². The SMILES string of the molecule is COc1cc(/C=C(\C#N)C(=O)Nc2cc(Cl)ccc2Cl)ccc1OS(=O)(=O)c1ccccc1. The first-order chi connectivity index (χ1) is 15.7. The fraction of sp³-hybridized carbons (Fsp3) is 0.0435. The van der Waals surface area contributed by atoms with Gasteiger partial charge in [0.25, 0.3) is 5.91 Å². The quantitative estimate of drug-likeness (QED) is 0.266. The van der Waals surface area contributed by atoms with Gasteiger partial charge in [0.2, 0.25) is 0 Å². The van der Waals surface area contributed by atoms with Crippen LogP contribution in [0.4, 0.5) is 5.69 Å². The van der Waals surface area contributed by atoms with Crippen molar-refractivity contribution in [2.75, 3.05) is 12.4 Å². The lowest BCUT2D eigenvalue weighted by atomic mass is 10.1. The number of methoxy groups -OCH3 is 1. The van der Waals surface area contributed by atoms with Crippen molar-refractivity contribution >= 4 is 51.0 Å². The maximum absolute atomic E-state index is 12.5. The van der Waals surface area contributed by atoms with Gasteiger partial charge in [-0.15, -0.1) is 0 Å². The summed E-state index contributed by atoms with van der Waals surface area (Å²) in [7, 11) is -2.74. The normalized spacial score (nSPS) is 11.4. The summed E-state index contributed by atoms with van der Waals surface area (Å²) in [6.45, 7) is 0. The van der Waals surface area contributed by atoms with Gasteiger partial charge in [-0.05, 0) is 54.1 Å². The van der Waals surface area contributed by atoms with E-state index in [4.69, 9.17) is 32.1 Å². The summed E-state index contributed by atoms with van der Waals surface area (Å²) >= 11 is 12.0. The first kappa shape index (κ1) is 24.1. The molecule has 1 N–H and O–H groups in total. The molecule has 0 aliphatic heterocycles. The van der Waals surface area contributed by atoms with Gasteiger partial charge in [0.15, 0.2) is 11.5 Å². The van der Waals surface area contributed by atoms with Gasteiger partial charge in [0, 0.05) is 5.02 Å². The summed E-state index contributed by atoms with van der Waals surface area (Å²) in [6.07, 6.45) is 1.31. The van der Waals surface area contributed by atoms with Gasteiger partial charge >= 0.3 is 10.1 Å². The van der Waals surface area contributed by atoms with Crippen molar-refractivity contribution in [1.82, 2.24) is 0 Å². The maximum Gasteiger partial charge on any atom is 0.339 e. The molecule has 0 fully saturated rings. The average molecular weight is 503 g/mol. The van der Waals surface area contributed by atoms with Gasteiger partial charge in [-0.25, -0.2) is 0 Å². The Labute approximate surface area is 200 Å². The van der Waals surface area contributed by atoms with Crippen molar-refractivity contribution in [1.29, 1.82) is 5.26 Å². The van der Waals surface area contributed by atoms with E-state index in [1.165, 1.54) is 55.7 Å². The van der Waals surface area contributed by atoms with E-state index in [0.29, 0.717) is 10.6 Å². The zero-order valence-corrected chi connectivity index (χ0v) is 19.4. The second-order valence-corrected chi connectivity index (χ2v) is 8.90. The molecule has 7 nitrogen and oxygen atoms in total. The van der Waals surface area contributed by atoms with E-state index in [-0.39, 0.29) is 32.7 Å². The van der Waals surface area contributed by atoms with Gasteiger partial charge in [0.05, 0.1) is 17.8 Å². The molecule has 0 heterocycles. The van der Waals surface area contributed by atoms with Crippen LogP contribution in [-0.2, 0) is 14.9 Å². The number of carbonyl (C=O) groups excluding carboxylic acids is 1. The number of nitriles is 1. The number of amides is 1. The number of ether oxygens (including phenoxy) is 1. The highest BCUT2D eigenvalue weighted by atomic mass is 35.5. The van der Waals surface area contributed by atoms with E-state index in [1.54, 1.807) is 24.3 Å². The zero-order valence-electron chi connectivity index (χ0n) is 17.1. The molecule has 0 aliphatic carbocycles. The second kappa shape index (κ2) is 10.4. The molecule has 3 aromatic rings. The van der Waals surface area contributed by atoms with Crippen LogP contribution in [0.15, 0.2) is 77.2 Å². The van der Waals surface area contributed by atoms with E-state index in [0.717, 1.165) is 0 Å². The minimum atomic E-state index is -4.08. The number of rotatable bonds is 7. The maximum atomic E-state index is 12.5. The fourth-order valence-corrected chi connectivity index (χ4v) is 3.99. The second-order valence-electron chi connectivity index (χ2n) is 6.51. The van der Waals surface area contributed by atoms with Crippen LogP contribution in [0.25, 0.3) is 6.08 Å². The minimum Gasteiger partial charge on any atom is -0.493 e. The average Bonchev–Trinajstić information content (AvgIpc) is 2.81. The third-order valence-electron chi connectivity index (χ3n) is 4.27. The monoisotopic (exact) mass is 502 g/mol. The third kappa shape index (κ3) is 6.05. The molecule has 0 saturated carbocycles. The first-order valence-corrected chi connectivity index (χ1v) is 11.5. The summed E-state index contributed by atoms with van der Waals surface area (Å²) in [5.41, 5.74) is 0.432. The number of nitrogens with zero attached hydrogens (tertiary/aromatic N) is 1. The van der Waals surface area contributed by atoms with E-state index in [9.17, 15) is 18.5 Å². The molecule has 3 rings (SSSR count). The van der Waals surface area contributed by atoms with Gasteiger partial charge < -0.3 is 14.2 Å². The Morgan fingerprint density at radius 1 is 1.03 bits per heavy atom. The predicted molar refractivity (Wildman–Crippen MR) is 126 cm³/mol. The first-order valence-electron chi connectivity index (χ1n) is 9.29. The van der Waals surface area contributed by atoms with Crippen LogP contribution in [0.5, 0.6) is 11.5 Å². The molecule has 0 saturated heterocycles. The number of nitrogens with one attached hydrogen (secondary N) is 1. The van der Waals surface area contributed by atoms with Crippen molar-refractivity contribution < 1.29 is 22.1 Å². The predicted octanol–water partition coefficient (Wildman–Crippen LogP) is 5.32. The highest BCUT2D eigenvalue weighted by Crippen LogP contribution is 2.32. The molecule has 10 heteroatoms. The summed E-state index contributed by atoms with van der Waals surface area (Å²) in [4.78, 5) is 12.5. The van der Waals surface area contributed by atoms with Crippen molar-refractivity contribution in [2.24, 2.45) is 0 Å². The summed E-state index contributed by atoms with van der Waals surface area (Å²) < 4.78 is 35.4. The third-order valence-corrected chi connectivity index (χ3v) is 6.08. The molecule has 0 aliphatic rings. The van der Waals surface area contributed by atoms with Gasteiger partial charge in [-0.2, -0.15) is 13.7 Å². The summed E-state index contributed by atoms with van der Waals surface area (Å²) in [6, 6.07) is 18.3.